The van der Waals surface area contributed by atoms with Crippen LogP contribution in [-0.4, -0.2) is 39.2 Å². The zero-order chi connectivity index (χ0) is 10.1. The molecule has 1 unspecified atom stereocenters. The van der Waals surface area contributed by atoms with E-state index in [1.54, 1.807) is 0 Å². The second-order valence-electron chi connectivity index (χ2n) is 3.91. The molecule has 0 radical (unpaired) electrons. The van der Waals surface area contributed by atoms with Crippen molar-refractivity contribution in [3.63, 3.8) is 0 Å². The lowest BCUT2D eigenvalue weighted by molar-refractivity contribution is -0.132. The topological polar surface area (TPSA) is 20.3 Å². The minimum Gasteiger partial charge on any atom is -0.340 e. The largest absolute Gasteiger partial charge is 0.340 e. The standard InChI is InChI=1S/C9H16BrNOS/c1-7-6-11(4-5-13-7)8(12)9(2,3)10/h7H,4-6H2,1-3H3. The Morgan fingerprint density at radius 1 is 1.62 bits per heavy atom. The van der Waals surface area contributed by atoms with Crippen molar-refractivity contribution in [2.24, 2.45) is 0 Å². The molecule has 76 valence electrons. The van der Waals surface area contributed by atoms with Crippen LogP contribution in [0.25, 0.3) is 0 Å². The third-order valence-electron chi connectivity index (χ3n) is 2.04. The van der Waals surface area contributed by atoms with Crippen LogP contribution in [0.5, 0.6) is 0 Å². The summed E-state index contributed by atoms with van der Waals surface area (Å²) >= 11 is 5.34. The Labute approximate surface area is 92.6 Å². The van der Waals surface area contributed by atoms with E-state index in [-0.39, 0.29) is 5.91 Å². The fourth-order valence-corrected chi connectivity index (χ4v) is 2.64. The molecule has 1 saturated heterocycles. The maximum atomic E-state index is 11.8. The molecule has 0 aromatic heterocycles. The van der Waals surface area contributed by atoms with Gasteiger partial charge in [-0.25, -0.2) is 0 Å². The maximum absolute atomic E-state index is 11.8. The normalized spacial score (nSPS) is 24.6. The molecule has 4 heteroatoms. The molecule has 0 bridgehead atoms. The SMILES string of the molecule is CC1CN(C(=O)C(C)(C)Br)CCS1. The second-order valence-corrected chi connectivity index (χ2v) is 7.43. The fraction of sp³-hybridized carbons (Fsp3) is 0.889. The average molecular weight is 266 g/mol. The zero-order valence-electron chi connectivity index (χ0n) is 8.34. The summed E-state index contributed by atoms with van der Waals surface area (Å²) in [6.07, 6.45) is 0. The number of hydrogen-bond donors (Lipinski definition) is 0. The number of alkyl halides is 1. The summed E-state index contributed by atoms with van der Waals surface area (Å²) in [5.41, 5.74) is 0. The van der Waals surface area contributed by atoms with E-state index in [4.69, 9.17) is 0 Å². The van der Waals surface area contributed by atoms with E-state index in [2.05, 4.69) is 22.9 Å². The predicted molar refractivity (Wildman–Crippen MR) is 61.5 cm³/mol. The zero-order valence-corrected chi connectivity index (χ0v) is 10.7. The first-order valence-corrected chi connectivity index (χ1v) is 6.35. The van der Waals surface area contributed by atoms with Crippen molar-refractivity contribution >= 4 is 33.6 Å². The molecule has 1 atom stereocenters. The number of carbonyl (C=O) groups is 1. The molecule has 2 nitrogen and oxygen atoms in total. The van der Waals surface area contributed by atoms with Crippen molar-refractivity contribution in [2.75, 3.05) is 18.8 Å². The number of hydrogen-bond acceptors (Lipinski definition) is 2. The second kappa shape index (κ2) is 4.22. The van der Waals surface area contributed by atoms with Gasteiger partial charge in [0.1, 0.15) is 0 Å². The van der Waals surface area contributed by atoms with Gasteiger partial charge in [-0.2, -0.15) is 11.8 Å². The van der Waals surface area contributed by atoms with Gasteiger partial charge in [0.15, 0.2) is 0 Å². The molecule has 1 aliphatic rings. The van der Waals surface area contributed by atoms with E-state index in [0.717, 1.165) is 18.8 Å². The van der Waals surface area contributed by atoms with Gasteiger partial charge in [0.2, 0.25) is 5.91 Å². The lowest BCUT2D eigenvalue weighted by atomic mass is 10.2. The first-order valence-electron chi connectivity index (χ1n) is 4.51. The molecule has 1 rings (SSSR count). The number of rotatable bonds is 1. The van der Waals surface area contributed by atoms with E-state index >= 15 is 0 Å². The van der Waals surface area contributed by atoms with Crippen LogP contribution in [0.1, 0.15) is 20.8 Å². The lowest BCUT2D eigenvalue weighted by Gasteiger charge is -2.34. The Kier molecular flexibility index (Phi) is 3.69. The summed E-state index contributed by atoms with van der Waals surface area (Å²) in [6.45, 7) is 7.76. The van der Waals surface area contributed by atoms with Crippen molar-refractivity contribution in [1.29, 1.82) is 0 Å². The van der Waals surface area contributed by atoms with E-state index in [1.165, 1.54) is 0 Å². The molecule has 13 heavy (non-hydrogen) atoms. The molecule has 0 spiro atoms. The minimum absolute atomic E-state index is 0.208. The van der Waals surface area contributed by atoms with Gasteiger partial charge in [0.05, 0.1) is 4.32 Å². The summed E-state index contributed by atoms with van der Waals surface area (Å²) in [6, 6.07) is 0. The highest BCUT2D eigenvalue weighted by Gasteiger charge is 2.31. The van der Waals surface area contributed by atoms with Gasteiger partial charge in [0, 0.05) is 24.1 Å². The average Bonchev–Trinajstić information content (AvgIpc) is 2.01. The third-order valence-corrected chi connectivity index (χ3v) is 3.51. The van der Waals surface area contributed by atoms with Crippen LogP contribution < -0.4 is 0 Å². The summed E-state index contributed by atoms with van der Waals surface area (Å²) in [7, 11) is 0. The van der Waals surface area contributed by atoms with Gasteiger partial charge in [-0.15, -0.1) is 0 Å². The van der Waals surface area contributed by atoms with Gasteiger partial charge in [0.25, 0.3) is 0 Å². The van der Waals surface area contributed by atoms with E-state index in [1.807, 2.05) is 30.5 Å². The smallest absolute Gasteiger partial charge is 0.238 e. The first-order chi connectivity index (χ1) is 5.91. The number of nitrogens with zero attached hydrogens (tertiary/aromatic N) is 1. The van der Waals surface area contributed by atoms with Gasteiger partial charge < -0.3 is 4.90 Å². The van der Waals surface area contributed by atoms with Crippen LogP contribution in [0.15, 0.2) is 0 Å². The third kappa shape index (κ3) is 3.17. The molecule has 0 aliphatic carbocycles. The molecule has 0 aromatic carbocycles. The molecule has 0 aromatic rings. The minimum atomic E-state index is -0.408. The number of thioether (sulfide) groups is 1. The maximum Gasteiger partial charge on any atom is 0.238 e. The van der Waals surface area contributed by atoms with E-state index in [0.29, 0.717) is 5.25 Å². The fourth-order valence-electron chi connectivity index (χ4n) is 1.38. The predicted octanol–water partition coefficient (Wildman–Crippen LogP) is 2.12. The molecule has 1 amide bonds. The van der Waals surface area contributed by atoms with Crippen molar-refractivity contribution in [3.05, 3.63) is 0 Å². The summed E-state index contributed by atoms with van der Waals surface area (Å²) in [5, 5.41) is 0.576. The first kappa shape index (κ1) is 11.4. The monoisotopic (exact) mass is 265 g/mol. The Morgan fingerprint density at radius 3 is 2.69 bits per heavy atom. The molecule has 0 saturated carbocycles. The van der Waals surface area contributed by atoms with E-state index in [9.17, 15) is 4.79 Å². The highest BCUT2D eigenvalue weighted by Crippen LogP contribution is 2.24. The highest BCUT2D eigenvalue weighted by atomic mass is 79.9. The van der Waals surface area contributed by atoms with Gasteiger partial charge in [-0.3, -0.25) is 4.79 Å². The Balaban J connectivity index is 2.56. The highest BCUT2D eigenvalue weighted by molar-refractivity contribution is 9.10. The number of carbonyl (C=O) groups excluding carboxylic acids is 1. The molecule has 0 N–H and O–H groups in total. The number of amides is 1. The van der Waals surface area contributed by atoms with Crippen LogP contribution >= 0.6 is 27.7 Å². The van der Waals surface area contributed by atoms with Crippen LogP contribution in [0.3, 0.4) is 0 Å². The van der Waals surface area contributed by atoms with Crippen LogP contribution in [0.2, 0.25) is 0 Å². The summed E-state index contributed by atoms with van der Waals surface area (Å²) in [4.78, 5) is 13.8. The van der Waals surface area contributed by atoms with Crippen molar-refractivity contribution in [3.8, 4) is 0 Å². The summed E-state index contributed by atoms with van der Waals surface area (Å²) < 4.78 is -0.408. The molecular weight excluding hydrogens is 250 g/mol. The van der Waals surface area contributed by atoms with Gasteiger partial charge in [-0.1, -0.05) is 22.9 Å². The number of halogens is 1. The van der Waals surface area contributed by atoms with Crippen LogP contribution in [0.4, 0.5) is 0 Å². The molecule has 1 fully saturated rings. The molecule has 1 heterocycles. The van der Waals surface area contributed by atoms with E-state index < -0.39 is 4.32 Å². The van der Waals surface area contributed by atoms with Crippen LogP contribution in [-0.2, 0) is 4.79 Å². The van der Waals surface area contributed by atoms with Crippen molar-refractivity contribution in [2.45, 2.75) is 30.3 Å². The lowest BCUT2D eigenvalue weighted by Crippen LogP contribution is -2.47. The molecular formula is C9H16BrNOS. The van der Waals surface area contributed by atoms with Crippen molar-refractivity contribution in [1.82, 2.24) is 4.90 Å². The van der Waals surface area contributed by atoms with Gasteiger partial charge >= 0.3 is 0 Å². The molecule has 1 aliphatic heterocycles. The van der Waals surface area contributed by atoms with Gasteiger partial charge in [-0.05, 0) is 13.8 Å². The summed E-state index contributed by atoms with van der Waals surface area (Å²) in [5.74, 6) is 1.27. The Morgan fingerprint density at radius 2 is 2.23 bits per heavy atom. The van der Waals surface area contributed by atoms with Crippen LogP contribution in [0, 0.1) is 0 Å². The Bertz CT molecular complexity index is 202. The Hall–Kier alpha value is 0.300. The quantitative estimate of drug-likeness (QED) is 0.678. The van der Waals surface area contributed by atoms with Crippen molar-refractivity contribution < 1.29 is 4.79 Å².